The minimum absolute atomic E-state index is 0.310. The predicted octanol–water partition coefficient (Wildman–Crippen LogP) is -0.429. The van der Waals surface area contributed by atoms with E-state index in [0.29, 0.717) is 30.6 Å². The highest BCUT2D eigenvalue weighted by atomic mass is 32.2. The molecule has 2 fully saturated rings. The van der Waals surface area contributed by atoms with Gasteiger partial charge in [-0.15, -0.1) is 0 Å². The van der Waals surface area contributed by atoms with E-state index < -0.39 is 10.0 Å². The Balaban J connectivity index is 1.69. The number of rotatable bonds is 4. The van der Waals surface area contributed by atoms with Gasteiger partial charge in [-0.05, 0) is 13.3 Å². The lowest BCUT2D eigenvalue weighted by Gasteiger charge is -2.32. The summed E-state index contributed by atoms with van der Waals surface area (Å²) in [5.41, 5.74) is 0. The number of hydrogen-bond acceptors (Lipinski definition) is 5. The molecule has 0 aromatic carbocycles. The average molecular weight is 313 g/mol. The average Bonchev–Trinajstić information content (AvgIpc) is 3.18. The van der Waals surface area contributed by atoms with Crippen LogP contribution in [0, 0.1) is 0 Å². The maximum atomic E-state index is 12.6. The van der Waals surface area contributed by atoms with Gasteiger partial charge in [0.05, 0.1) is 6.20 Å². The second-order valence-electron chi connectivity index (χ2n) is 5.62. The summed E-state index contributed by atoms with van der Waals surface area (Å²) in [6.45, 7) is 7.82. The van der Waals surface area contributed by atoms with Gasteiger partial charge >= 0.3 is 0 Å². The molecule has 7 nitrogen and oxygen atoms in total. The van der Waals surface area contributed by atoms with Gasteiger partial charge in [0, 0.05) is 58.1 Å². The summed E-state index contributed by atoms with van der Waals surface area (Å²) in [5.74, 6) is 0. The molecule has 0 aliphatic carbocycles. The van der Waals surface area contributed by atoms with Gasteiger partial charge < -0.3 is 5.32 Å². The first-order valence-electron chi connectivity index (χ1n) is 7.58. The molecule has 118 valence electrons. The van der Waals surface area contributed by atoms with Crippen molar-refractivity contribution in [3.63, 3.8) is 0 Å². The monoisotopic (exact) mass is 313 g/mol. The molecule has 1 unspecified atom stereocenters. The molecule has 8 heteroatoms. The first kappa shape index (κ1) is 15.0. The molecule has 0 radical (unpaired) electrons. The molecule has 0 saturated carbocycles. The van der Waals surface area contributed by atoms with Crippen molar-refractivity contribution in [1.82, 2.24) is 24.3 Å². The van der Waals surface area contributed by atoms with Crippen LogP contribution >= 0.6 is 0 Å². The van der Waals surface area contributed by atoms with Crippen molar-refractivity contribution in [2.45, 2.75) is 30.8 Å². The molecule has 2 aliphatic heterocycles. The number of aromatic nitrogens is 2. The molecule has 2 aliphatic rings. The fourth-order valence-corrected chi connectivity index (χ4v) is 4.52. The molecular formula is C13H23N5O2S. The van der Waals surface area contributed by atoms with Crippen LogP contribution < -0.4 is 5.32 Å². The maximum Gasteiger partial charge on any atom is 0.246 e. The van der Waals surface area contributed by atoms with Crippen LogP contribution in [0.1, 0.15) is 13.3 Å². The molecule has 0 amide bonds. The summed E-state index contributed by atoms with van der Waals surface area (Å²) in [7, 11) is -3.39. The molecule has 3 rings (SSSR count). The zero-order chi connectivity index (χ0) is 14.9. The number of aryl methyl sites for hydroxylation is 1. The van der Waals surface area contributed by atoms with Gasteiger partial charge in [0.2, 0.25) is 10.0 Å². The number of nitrogens with one attached hydrogen (secondary N) is 1. The SMILES string of the molecule is CCn1cc(S(=O)(=O)N2CCC(N3CCNCC3)C2)cn1. The minimum Gasteiger partial charge on any atom is -0.314 e. The van der Waals surface area contributed by atoms with E-state index >= 15 is 0 Å². The second-order valence-corrected chi connectivity index (χ2v) is 7.56. The van der Waals surface area contributed by atoms with Crippen LogP contribution in [-0.4, -0.2) is 72.7 Å². The molecule has 3 heterocycles. The Labute approximate surface area is 126 Å². The lowest BCUT2D eigenvalue weighted by molar-refractivity contribution is 0.179. The zero-order valence-electron chi connectivity index (χ0n) is 12.4. The molecule has 0 spiro atoms. The summed E-state index contributed by atoms with van der Waals surface area (Å²) < 4.78 is 28.5. The molecule has 1 N–H and O–H groups in total. The maximum absolute atomic E-state index is 12.6. The number of nitrogens with zero attached hydrogens (tertiary/aromatic N) is 4. The Kier molecular flexibility index (Phi) is 4.30. The van der Waals surface area contributed by atoms with E-state index in [4.69, 9.17) is 0 Å². The van der Waals surface area contributed by atoms with Crippen molar-refractivity contribution in [3.8, 4) is 0 Å². The van der Waals surface area contributed by atoms with Gasteiger partial charge in [0.25, 0.3) is 0 Å². The van der Waals surface area contributed by atoms with Crippen LogP contribution in [0.2, 0.25) is 0 Å². The highest BCUT2D eigenvalue weighted by Crippen LogP contribution is 2.23. The van der Waals surface area contributed by atoms with Crippen LogP contribution in [0.3, 0.4) is 0 Å². The number of piperazine rings is 1. The summed E-state index contributed by atoms with van der Waals surface area (Å²) in [5, 5.41) is 7.40. The van der Waals surface area contributed by atoms with Gasteiger partial charge in [-0.1, -0.05) is 0 Å². The molecule has 2 saturated heterocycles. The Hall–Kier alpha value is -0.960. The van der Waals surface area contributed by atoms with Crippen LogP contribution in [0.5, 0.6) is 0 Å². The van der Waals surface area contributed by atoms with Gasteiger partial charge in [-0.2, -0.15) is 9.40 Å². The molecule has 1 atom stereocenters. The number of hydrogen-bond donors (Lipinski definition) is 1. The van der Waals surface area contributed by atoms with Crippen molar-refractivity contribution >= 4 is 10.0 Å². The fourth-order valence-electron chi connectivity index (χ4n) is 3.07. The van der Waals surface area contributed by atoms with Crippen molar-refractivity contribution in [1.29, 1.82) is 0 Å². The Morgan fingerprint density at radius 1 is 1.33 bits per heavy atom. The molecule has 21 heavy (non-hydrogen) atoms. The van der Waals surface area contributed by atoms with Crippen molar-refractivity contribution in [2.24, 2.45) is 0 Å². The van der Waals surface area contributed by atoms with E-state index in [2.05, 4.69) is 15.3 Å². The second kappa shape index (κ2) is 6.04. The molecule has 1 aromatic rings. The van der Waals surface area contributed by atoms with Gasteiger partial charge in [0.15, 0.2) is 0 Å². The summed E-state index contributed by atoms with van der Waals surface area (Å²) in [6.07, 6.45) is 3.99. The topological polar surface area (TPSA) is 70.5 Å². The predicted molar refractivity (Wildman–Crippen MR) is 79.5 cm³/mol. The van der Waals surface area contributed by atoms with E-state index in [1.54, 1.807) is 15.2 Å². The minimum atomic E-state index is -3.39. The Morgan fingerprint density at radius 3 is 2.76 bits per heavy atom. The summed E-state index contributed by atoms with van der Waals surface area (Å²) in [6, 6.07) is 0.350. The summed E-state index contributed by atoms with van der Waals surface area (Å²) >= 11 is 0. The highest BCUT2D eigenvalue weighted by Gasteiger charge is 2.36. The Morgan fingerprint density at radius 2 is 2.10 bits per heavy atom. The van der Waals surface area contributed by atoms with E-state index in [-0.39, 0.29) is 0 Å². The zero-order valence-corrected chi connectivity index (χ0v) is 13.2. The first-order valence-corrected chi connectivity index (χ1v) is 9.02. The standard InChI is InChI=1S/C13H23N5O2S/c1-2-17-11-13(9-15-17)21(19,20)18-6-3-12(10-18)16-7-4-14-5-8-16/h9,11-12,14H,2-8,10H2,1H3. The van der Waals surface area contributed by atoms with Crippen LogP contribution in [0.25, 0.3) is 0 Å². The van der Waals surface area contributed by atoms with E-state index in [9.17, 15) is 8.42 Å². The quantitative estimate of drug-likeness (QED) is 0.817. The third-order valence-corrected chi connectivity index (χ3v) is 6.18. The van der Waals surface area contributed by atoms with Gasteiger partial charge in [-0.25, -0.2) is 8.42 Å². The largest absolute Gasteiger partial charge is 0.314 e. The third kappa shape index (κ3) is 2.98. The van der Waals surface area contributed by atoms with E-state index in [1.165, 1.54) is 6.20 Å². The van der Waals surface area contributed by atoms with Crippen molar-refractivity contribution in [3.05, 3.63) is 12.4 Å². The third-order valence-electron chi connectivity index (χ3n) is 4.37. The van der Waals surface area contributed by atoms with Gasteiger partial charge in [0.1, 0.15) is 4.90 Å². The molecule has 1 aromatic heterocycles. The van der Waals surface area contributed by atoms with Gasteiger partial charge in [-0.3, -0.25) is 9.58 Å². The van der Waals surface area contributed by atoms with E-state index in [0.717, 1.165) is 32.6 Å². The first-order chi connectivity index (χ1) is 10.1. The highest BCUT2D eigenvalue weighted by molar-refractivity contribution is 7.89. The normalized spacial score (nSPS) is 25.5. The number of sulfonamides is 1. The smallest absolute Gasteiger partial charge is 0.246 e. The van der Waals surface area contributed by atoms with Crippen LogP contribution in [0.4, 0.5) is 0 Å². The van der Waals surface area contributed by atoms with Crippen LogP contribution in [-0.2, 0) is 16.6 Å². The fraction of sp³-hybridized carbons (Fsp3) is 0.769. The lowest BCUT2D eigenvalue weighted by atomic mass is 10.2. The molecular weight excluding hydrogens is 290 g/mol. The van der Waals surface area contributed by atoms with E-state index in [1.807, 2.05) is 6.92 Å². The summed E-state index contributed by atoms with van der Waals surface area (Å²) in [4.78, 5) is 2.71. The van der Waals surface area contributed by atoms with Crippen molar-refractivity contribution < 1.29 is 8.42 Å². The Bertz CT molecular complexity index is 579. The molecule has 0 bridgehead atoms. The van der Waals surface area contributed by atoms with Crippen LogP contribution in [0.15, 0.2) is 17.3 Å². The van der Waals surface area contributed by atoms with Crippen molar-refractivity contribution in [2.75, 3.05) is 39.3 Å². The lowest BCUT2D eigenvalue weighted by Crippen LogP contribution is -2.49.